The van der Waals surface area contributed by atoms with Gasteiger partial charge in [0.05, 0.1) is 13.0 Å². The van der Waals surface area contributed by atoms with Gasteiger partial charge in [0.25, 0.3) is 0 Å². The molecule has 98 valence electrons. The monoisotopic (exact) mass is 252 g/mol. The van der Waals surface area contributed by atoms with Crippen LogP contribution in [-0.4, -0.2) is 24.9 Å². The Labute approximate surface area is 106 Å². The molecule has 18 heavy (non-hydrogen) atoms. The zero-order valence-corrected chi connectivity index (χ0v) is 10.3. The maximum atomic E-state index is 13.3. The first-order chi connectivity index (χ1) is 8.63. The van der Waals surface area contributed by atoms with E-state index in [1.807, 2.05) is 6.92 Å². The van der Waals surface area contributed by atoms with Gasteiger partial charge < -0.3 is 10.6 Å². The molecular weight excluding hydrogens is 235 g/mol. The molecule has 1 aromatic carbocycles. The Kier molecular flexibility index (Phi) is 5.84. The van der Waals surface area contributed by atoms with Crippen LogP contribution in [0, 0.1) is 5.82 Å². The van der Waals surface area contributed by atoms with Crippen molar-refractivity contribution in [3.8, 4) is 0 Å². The van der Waals surface area contributed by atoms with Crippen LogP contribution in [-0.2, 0) is 16.0 Å². The summed E-state index contributed by atoms with van der Waals surface area (Å²) in [6.45, 7) is 2.45. The minimum atomic E-state index is -0.414. The zero-order chi connectivity index (χ0) is 13.4. The number of hydrogen-bond donors (Lipinski definition) is 2. The number of amides is 2. The van der Waals surface area contributed by atoms with Crippen LogP contribution in [0.3, 0.4) is 0 Å². The average molecular weight is 252 g/mol. The Morgan fingerprint density at radius 2 is 1.89 bits per heavy atom. The first-order valence-electron chi connectivity index (χ1n) is 5.90. The second kappa shape index (κ2) is 7.42. The smallest absolute Gasteiger partial charge is 0.239 e. The van der Waals surface area contributed by atoms with Crippen LogP contribution in [0.4, 0.5) is 4.39 Å². The molecule has 1 aromatic rings. The first kappa shape index (κ1) is 14.2. The summed E-state index contributed by atoms with van der Waals surface area (Å²) in [5, 5.41) is 5.08. The van der Waals surface area contributed by atoms with Crippen LogP contribution in [0.2, 0.25) is 0 Å². The number of halogens is 1. The molecular formula is C13H17FN2O2. The molecule has 0 aliphatic rings. The maximum absolute atomic E-state index is 13.3. The van der Waals surface area contributed by atoms with Gasteiger partial charge in [-0.05, 0) is 18.1 Å². The van der Waals surface area contributed by atoms with Gasteiger partial charge in [-0.2, -0.15) is 0 Å². The highest BCUT2D eigenvalue weighted by atomic mass is 19.1. The Balaban J connectivity index is 2.34. The summed E-state index contributed by atoms with van der Waals surface area (Å²) in [4.78, 5) is 22.7. The Morgan fingerprint density at radius 1 is 1.17 bits per heavy atom. The molecule has 2 N–H and O–H groups in total. The van der Waals surface area contributed by atoms with E-state index in [1.54, 1.807) is 18.2 Å². The summed E-state index contributed by atoms with van der Waals surface area (Å²) >= 11 is 0. The van der Waals surface area contributed by atoms with Crippen LogP contribution in [0.5, 0.6) is 0 Å². The largest absolute Gasteiger partial charge is 0.355 e. The molecule has 0 spiro atoms. The van der Waals surface area contributed by atoms with Crippen molar-refractivity contribution in [2.75, 3.05) is 13.1 Å². The molecule has 0 heterocycles. The van der Waals surface area contributed by atoms with Crippen LogP contribution >= 0.6 is 0 Å². The van der Waals surface area contributed by atoms with Crippen molar-refractivity contribution in [2.24, 2.45) is 0 Å². The van der Waals surface area contributed by atoms with Crippen LogP contribution < -0.4 is 10.6 Å². The number of benzene rings is 1. The van der Waals surface area contributed by atoms with E-state index >= 15 is 0 Å². The molecule has 0 unspecified atom stereocenters. The third kappa shape index (κ3) is 4.95. The summed E-state index contributed by atoms with van der Waals surface area (Å²) in [7, 11) is 0. The number of carbonyl (C=O) groups excluding carboxylic acids is 2. The quantitative estimate of drug-likeness (QED) is 0.794. The molecule has 2 amide bonds. The van der Waals surface area contributed by atoms with Crippen molar-refractivity contribution in [2.45, 2.75) is 19.8 Å². The number of carbonyl (C=O) groups is 2. The molecule has 0 aliphatic heterocycles. The molecule has 4 nitrogen and oxygen atoms in total. The highest BCUT2D eigenvalue weighted by Crippen LogP contribution is 2.06. The fourth-order valence-corrected chi connectivity index (χ4v) is 1.38. The topological polar surface area (TPSA) is 58.2 Å². The lowest BCUT2D eigenvalue weighted by atomic mass is 10.1. The van der Waals surface area contributed by atoms with E-state index in [2.05, 4.69) is 10.6 Å². The average Bonchev–Trinajstić information content (AvgIpc) is 2.36. The summed E-state index contributed by atoms with van der Waals surface area (Å²) < 4.78 is 13.3. The highest BCUT2D eigenvalue weighted by Gasteiger charge is 2.08. The Bertz CT molecular complexity index is 421. The second-order valence-corrected chi connectivity index (χ2v) is 3.89. The Morgan fingerprint density at radius 3 is 2.56 bits per heavy atom. The molecule has 5 heteroatoms. The lowest BCUT2D eigenvalue weighted by Gasteiger charge is -2.06. The molecule has 1 rings (SSSR count). The van der Waals surface area contributed by atoms with E-state index in [0.717, 1.165) is 6.42 Å². The predicted octanol–water partition coefficient (Wildman–Crippen LogP) is 1.01. The van der Waals surface area contributed by atoms with Crippen LogP contribution in [0.25, 0.3) is 0 Å². The van der Waals surface area contributed by atoms with Crippen molar-refractivity contribution in [1.29, 1.82) is 0 Å². The fourth-order valence-electron chi connectivity index (χ4n) is 1.38. The van der Waals surface area contributed by atoms with E-state index in [4.69, 9.17) is 0 Å². The SMILES string of the molecule is CCCNC(=O)CNC(=O)Cc1ccccc1F. The third-order valence-corrected chi connectivity index (χ3v) is 2.33. The van der Waals surface area contributed by atoms with Gasteiger partial charge in [0.2, 0.25) is 11.8 Å². The van der Waals surface area contributed by atoms with Gasteiger partial charge >= 0.3 is 0 Å². The standard InChI is InChI=1S/C13H17FN2O2/c1-2-7-15-13(18)9-16-12(17)8-10-5-3-4-6-11(10)14/h3-6H,2,7-9H2,1H3,(H,15,18)(H,16,17). The second-order valence-electron chi connectivity index (χ2n) is 3.89. The van der Waals surface area contributed by atoms with Gasteiger partial charge in [-0.1, -0.05) is 25.1 Å². The van der Waals surface area contributed by atoms with Crippen molar-refractivity contribution in [3.05, 3.63) is 35.6 Å². The molecule has 0 saturated carbocycles. The minimum Gasteiger partial charge on any atom is -0.355 e. The number of hydrogen-bond acceptors (Lipinski definition) is 2. The van der Waals surface area contributed by atoms with E-state index in [0.29, 0.717) is 12.1 Å². The molecule has 0 aromatic heterocycles. The molecule has 0 radical (unpaired) electrons. The predicted molar refractivity (Wildman–Crippen MR) is 66.4 cm³/mol. The van der Waals surface area contributed by atoms with Gasteiger partial charge in [-0.3, -0.25) is 9.59 Å². The summed E-state index contributed by atoms with van der Waals surface area (Å²) in [5.74, 6) is -1.02. The molecule has 0 saturated heterocycles. The van der Waals surface area contributed by atoms with Crippen LogP contribution in [0.15, 0.2) is 24.3 Å². The van der Waals surface area contributed by atoms with Crippen molar-refractivity contribution in [1.82, 2.24) is 10.6 Å². The highest BCUT2D eigenvalue weighted by molar-refractivity contribution is 5.85. The lowest BCUT2D eigenvalue weighted by molar-refractivity contribution is -0.125. The maximum Gasteiger partial charge on any atom is 0.239 e. The minimum absolute atomic E-state index is 0.0618. The van der Waals surface area contributed by atoms with Crippen LogP contribution in [0.1, 0.15) is 18.9 Å². The lowest BCUT2D eigenvalue weighted by Crippen LogP contribution is -2.37. The molecule has 0 fully saturated rings. The van der Waals surface area contributed by atoms with Gasteiger partial charge in [0.15, 0.2) is 0 Å². The van der Waals surface area contributed by atoms with E-state index in [9.17, 15) is 14.0 Å². The number of rotatable bonds is 6. The summed E-state index contributed by atoms with van der Waals surface area (Å²) in [5.41, 5.74) is 0.323. The van der Waals surface area contributed by atoms with Gasteiger partial charge in [0, 0.05) is 6.54 Å². The summed E-state index contributed by atoms with van der Waals surface area (Å²) in [6.07, 6.45) is 0.780. The first-order valence-corrected chi connectivity index (χ1v) is 5.90. The normalized spacial score (nSPS) is 9.89. The van der Waals surface area contributed by atoms with Gasteiger partial charge in [0.1, 0.15) is 5.82 Å². The van der Waals surface area contributed by atoms with Crippen molar-refractivity contribution >= 4 is 11.8 Å². The molecule has 0 atom stereocenters. The van der Waals surface area contributed by atoms with Gasteiger partial charge in [-0.25, -0.2) is 4.39 Å². The molecule has 0 aliphatic carbocycles. The Hall–Kier alpha value is -1.91. The van der Waals surface area contributed by atoms with Gasteiger partial charge in [-0.15, -0.1) is 0 Å². The van der Waals surface area contributed by atoms with Crippen molar-refractivity contribution in [3.63, 3.8) is 0 Å². The van der Waals surface area contributed by atoms with E-state index < -0.39 is 5.82 Å². The third-order valence-electron chi connectivity index (χ3n) is 2.33. The molecule has 0 bridgehead atoms. The zero-order valence-electron chi connectivity index (χ0n) is 10.3. The number of nitrogens with one attached hydrogen (secondary N) is 2. The fraction of sp³-hybridized carbons (Fsp3) is 0.385. The summed E-state index contributed by atoms with van der Waals surface area (Å²) in [6, 6.07) is 6.08. The van der Waals surface area contributed by atoms with E-state index in [-0.39, 0.29) is 24.8 Å². The van der Waals surface area contributed by atoms with Crippen molar-refractivity contribution < 1.29 is 14.0 Å². The van der Waals surface area contributed by atoms with E-state index in [1.165, 1.54) is 6.07 Å².